The lowest BCUT2D eigenvalue weighted by atomic mass is 10.5. The van der Waals surface area contributed by atoms with E-state index in [0.29, 0.717) is 0 Å². The van der Waals surface area contributed by atoms with Crippen molar-refractivity contribution in [1.82, 2.24) is 0 Å². The summed E-state index contributed by atoms with van der Waals surface area (Å²) in [6, 6.07) is 3.91. The lowest BCUT2D eigenvalue weighted by Gasteiger charge is -1.76. The Morgan fingerprint density at radius 3 is 1.62 bits per heavy atom. The molecule has 46 valence electrons. The van der Waals surface area contributed by atoms with Crippen molar-refractivity contribution in [2.24, 2.45) is 0 Å². The Hall–Kier alpha value is -0.760. The third-order valence-corrected chi connectivity index (χ3v) is 0.875. The lowest BCUT2D eigenvalue weighted by Crippen LogP contribution is -1.53. The fourth-order valence-corrected chi connectivity index (χ4v) is 0.557. The molecule has 0 saturated carbocycles. The van der Waals surface area contributed by atoms with Gasteiger partial charge >= 0.3 is 0 Å². The zero-order chi connectivity index (χ0) is 5.28. The Morgan fingerprint density at radius 1 is 1.12 bits per heavy atom. The SMILES string of the molecule is Cc1ccc(C)o1.O. The Balaban J connectivity index is 0.000000490. The fourth-order valence-electron chi connectivity index (χ4n) is 0.557. The molecule has 0 atom stereocenters. The van der Waals surface area contributed by atoms with Gasteiger partial charge in [0.15, 0.2) is 0 Å². The summed E-state index contributed by atoms with van der Waals surface area (Å²) >= 11 is 0. The highest BCUT2D eigenvalue weighted by atomic mass is 16.3. The quantitative estimate of drug-likeness (QED) is 0.497. The van der Waals surface area contributed by atoms with Gasteiger partial charge < -0.3 is 9.89 Å². The standard InChI is InChI=1S/C6H8O.H2O/c1-5-3-4-6(2)7-5;/h3-4H,1-2H3;1H2. The van der Waals surface area contributed by atoms with E-state index in [0.717, 1.165) is 11.5 Å². The summed E-state index contributed by atoms with van der Waals surface area (Å²) in [7, 11) is 0. The molecule has 0 aliphatic rings. The van der Waals surface area contributed by atoms with Crippen LogP contribution in [-0.2, 0) is 0 Å². The molecule has 0 amide bonds. The normalized spacial score (nSPS) is 8.25. The van der Waals surface area contributed by atoms with Crippen LogP contribution in [-0.4, -0.2) is 5.48 Å². The second kappa shape index (κ2) is 2.52. The van der Waals surface area contributed by atoms with Crippen molar-refractivity contribution in [3.63, 3.8) is 0 Å². The van der Waals surface area contributed by atoms with Gasteiger partial charge in [-0.1, -0.05) is 0 Å². The van der Waals surface area contributed by atoms with Crippen molar-refractivity contribution < 1.29 is 9.89 Å². The van der Waals surface area contributed by atoms with E-state index in [1.54, 1.807) is 0 Å². The van der Waals surface area contributed by atoms with E-state index in [2.05, 4.69) is 0 Å². The number of furan rings is 1. The first-order valence-electron chi connectivity index (χ1n) is 2.32. The third kappa shape index (κ3) is 1.39. The predicted molar refractivity (Wildman–Crippen MR) is 31.8 cm³/mol. The minimum absolute atomic E-state index is 0. The summed E-state index contributed by atoms with van der Waals surface area (Å²) in [5.41, 5.74) is 0. The van der Waals surface area contributed by atoms with E-state index in [1.807, 2.05) is 26.0 Å². The van der Waals surface area contributed by atoms with Crippen LogP contribution in [0.3, 0.4) is 0 Å². The van der Waals surface area contributed by atoms with Crippen LogP contribution < -0.4 is 0 Å². The molecule has 0 spiro atoms. The molecule has 0 unspecified atom stereocenters. The van der Waals surface area contributed by atoms with E-state index < -0.39 is 0 Å². The summed E-state index contributed by atoms with van der Waals surface area (Å²) in [6.07, 6.45) is 0. The van der Waals surface area contributed by atoms with Gasteiger partial charge in [0.05, 0.1) is 0 Å². The number of rotatable bonds is 0. The second-order valence-electron chi connectivity index (χ2n) is 1.66. The van der Waals surface area contributed by atoms with Gasteiger partial charge in [0.1, 0.15) is 11.5 Å². The third-order valence-electron chi connectivity index (χ3n) is 0.875. The molecule has 0 saturated heterocycles. The maximum atomic E-state index is 5.08. The minimum Gasteiger partial charge on any atom is -0.467 e. The van der Waals surface area contributed by atoms with Crippen LogP contribution in [0.1, 0.15) is 11.5 Å². The Labute approximate surface area is 48.4 Å². The van der Waals surface area contributed by atoms with Gasteiger partial charge in [-0.15, -0.1) is 0 Å². The van der Waals surface area contributed by atoms with Crippen LogP contribution in [0.2, 0.25) is 0 Å². The molecule has 1 heterocycles. The molecule has 2 N–H and O–H groups in total. The van der Waals surface area contributed by atoms with Crippen molar-refractivity contribution in [3.8, 4) is 0 Å². The molecule has 0 fully saturated rings. The van der Waals surface area contributed by atoms with E-state index in [4.69, 9.17) is 4.42 Å². The van der Waals surface area contributed by atoms with Crippen molar-refractivity contribution in [3.05, 3.63) is 23.7 Å². The van der Waals surface area contributed by atoms with Crippen molar-refractivity contribution in [1.29, 1.82) is 0 Å². The monoisotopic (exact) mass is 114 g/mol. The van der Waals surface area contributed by atoms with Crippen molar-refractivity contribution in [2.45, 2.75) is 13.8 Å². The number of hydrogen-bond acceptors (Lipinski definition) is 1. The van der Waals surface area contributed by atoms with E-state index in [-0.39, 0.29) is 5.48 Å². The van der Waals surface area contributed by atoms with E-state index in [9.17, 15) is 0 Å². The summed E-state index contributed by atoms with van der Waals surface area (Å²) in [4.78, 5) is 0. The van der Waals surface area contributed by atoms with Crippen LogP contribution in [0.25, 0.3) is 0 Å². The topological polar surface area (TPSA) is 44.6 Å². The smallest absolute Gasteiger partial charge is 0.101 e. The van der Waals surface area contributed by atoms with E-state index in [1.165, 1.54) is 0 Å². The molecule has 0 radical (unpaired) electrons. The molecule has 0 aromatic carbocycles. The van der Waals surface area contributed by atoms with Gasteiger partial charge in [-0.25, -0.2) is 0 Å². The average molecular weight is 114 g/mol. The molecule has 0 aliphatic heterocycles. The Bertz CT molecular complexity index is 139. The molecule has 8 heavy (non-hydrogen) atoms. The molecular weight excluding hydrogens is 104 g/mol. The zero-order valence-corrected chi connectivity index (χ0v) is 5.06. The summed E-state index contributed by atoms with van der Waals surface area (Å²) < 4.78 is 5.08. The first-order valence-corrected chi connectivity index (χ1v) is 2.32. The van der Waals surface area contributed by atoms with Crippen LogP contribution >= 0.6 is 0 Å². The highest BCUT2D eigenvalue weighted by Crippen LogP contribution is 2.02. The second-order valence-corrected chi connectivity index (χ2v) is 1.66. The fraction of sp³-hybridized carbons (Fsp3) is 0.333. The van der Waals surface area contributed by atoms with Gasteiger partial charge in [0.2, 0.25) is 0 Å². The highest BCUT2D eigenvalue weighted by molar-refractivity contribution is 5.02. The molecular formula is C6H10O2. The lowest BCUT2D eigenvalue weighted by molar-refractivity contribution is 0.504. The van der Waals surface area contributed by atoms with Crippen molar-refractivity contribution >= 4 is 0 Å². The Kier molecular flexibility index (Phi) is 2.28. The Morgan fingerprint density at radius 2 is 1.50 bits per heavy atom. The van der Waals surface area contributed by atoms with Gasteiger partial charge in [-0.2, -0.15) is 0 Å². The predicted octanol–water partition coefficient (Wildman–Crippen LogP) is 1.07. The molecule has 2 nitrogen and oxygen atoms in total. The average Bonchev–Trinajstić information content (AvgIpc) is 1.87. The largest absolute Gasteiger partial charge is 0.467 e. The van der Waals surface area contributed by atoms with Gasteiger partial charge in [-0.3, -0.25) is 0 Å². The van der Waals surface area contributed by atoms with Crippen molar-refractivity contribution in [2.75, 3.05) is 0 Å². The maximum Gasteiger partial charge on any atom is 0.101 e. The highest BCUT2D eigenvalue weighted by Gasteiger charge is 1.85. The van der Waals surface area contributed by atoms with Gasteiger partial charge in [0, 0.05) is 0 Å². The molecule has 0 bridgehead atoms. The maximum absolute atomic E-state index is 5.08. The molecule has 1 rings (SSSR count). The van der Waals surface area contributed by atoms with Crippen LogP contribution in [0, 0.1) is 13.8 Å². The van der Waals surface area contributed by atoms with Crippen LogP contribution in [0.15, 0.2) is 16.5 Å². The molecule has 1 aromatic heterocycles. The molecule has 1 aromatic rings. The van der Waals surface area contributed by atoms with Crippen LogP contribution in [0.5, 0.6) is 0 Å². The van der Waals surface area contributed by atoms with Gasteiger partial charge in [0.25, 0.3) is 0 Å². The number of hydrogen-bond donors (Lipinski definition) is 0. The van der Waals surface area contributed by atoms with Crippen LogP contribution in [0.4, 0.5) is 0 Å². The summed E-state index contributed by atoms with van der Waals surface area (Å²) in [5.74, 6) is 1.97. The van der Waals surface area contributed by atoms with E-state index >= 15 is 0 Å². The first kappa shape index (κ1) is 7.24. The first-order chi connectivity index (χ1) is 3.29. The number of aryl methyl sites for hydroxylation is 2. The minimum atomic E-state index is 0. The van der Waals surface area contributed by atoms with Gasteiger partial charge in [-0.05, 0) is 26.0 Å². The molecule has 2 heteroatoms. The zero-order valence-electron chi connectivity index (χ0n) is 5.06. The summed E-state index contributed by atoms with van der Waals surface area (Å²) in [5, 5.41) is 0. The summed E-state index contributed by atoms with van der Waals surface area (Å²) in [6.45, 7) is 3.88. The molecule has 0 aliphatic carbocycles.